The summed E-state index contributed by atoms with van der Waals surface area (Å²) in [4.78, 5) is 75.8. The van der Waals surface area contributed by atoms with Crippen molar-refractivity contribution in [1.82, 2.24) is 20.1 Å². The minimum Gasteiger partial charge on any atom is -0.481 e. The Morgan fingerprint density at radius 2 is 1.60 bits per heavy atom. The standard InChI is InChI=1S/C39H49F2N5O9/c1-5-33(49)43-30(19-35(51)52)32(48)14-13-29(38(54)55)44-37(53)28(42)15-16-46(34(50)22-47)36(39(2,3)4)31-17-24(26-18-25(40)11-12-27(26)41)21-45(31)20-23-9-7-6-8-10-23/h6-12,17-18,21,28-30,36,47H,5,13-16,19-20,22,42H2,1-4H3,(H,43,49)(H,44,53)(H,51,52)(H,54,55)/t28-,29+,30-,36-/m0/s1. The number of Topliss-reactive ketones (excluding diaryl/α,β-unsaturated/α-hetero) is 1. The SMILES string of the molecule is CCC(=O)N[C@@H](CC(=O)O)C(=O)CC[C@@H](NC(=O)[C@@H](N)CCN(C(=O)CO)[C@@H](c1cc(-c2cc(F)ccc2F)cn1Cc1ccccc1)C(C)(C)C)C(=O)O. The molecule has 0 unspecified atom stereocenters. The summed E-state index contributed by atoms with van der Waals surface area (Å²) >= 11 is 0. The van der Waals surface area contributed by atoms with Crippen molar-refractivity contribution in [3.63, 3.8) is 0 Å². The lowest BCUT2D eigenvalue weighted by Gasteiger charge is -2.41. The Hall–Kier alpha value is -5.48. The van der Waals surface area contributed by atoms with Gasteiger partial charge < -0.3 is 41.2 Å². The molecule has 298 valence electrons. The van der Waals surface area contributed by atoms with Gasteiger partial charge in [0, 0.05) is 48.9 Å². The molecule has 1 aromatic heterocycles. The van der Waals surface area contributed by atoms with E-state index in [9.17, 15) is 43.4 Å². The Balaban J connectivity index is 1.89. The van der Waals surface area contributed by atoms with E-state index in [4.69, 9.17) is 10.8 Å². The second-order valence-corrected chi connectivity index (χ2v) is 14.3. The van der Waals surface area contributed by atoms with Crippen molar-refractivity contribution in [2.24, 2.45) is 11.1 Å². The third-order valence-corrected chi connectivity index (χ3v) is 8.97. The predicted molar refractivity (Wildman–Crippen MR) is 197 cm³/mol. The Morgan fingerprint density at radius 1 is 0.927 bits per heavy atom. The van der Waals surface area contributed by atoms with Crippen LogP contribution in [0.15, 0.2) is 60.8 Å². The van der Waals surface area contributed by atoms with Gasteiger partial charge >= 0.3 is 11.9 Å². The Morgan fingerprint density at radius 3 is 2.18 bits per heavy atom. The van der Waals surface area contributed by atoms with E-state index >= 15 is 4.39 Å². The largest absolute Gasteiger partial charge is 0.481 e. The molecule has 2 aromatic carbocycles. The first-order valence-corrected chi connectivity index (χ1v) is 17.8. The summed E-state index contributed by atoms with van der Waals surface area (Å²) in [6.45, 7) is 6.23. The molecule has 3 amide bonds. The van der Waals surface area contributed by atoms with Crippen molar-refractivity contribution in [3.8, 4) is 11.1 Å². The third kappa shape index (κ3) is 12.5. The molecule has 3 rings (SSSR count). The fraction of sp³-hybridized carbons (Fsp3) is 0.436. The van der Waals surface area contributed by atoms with Crippen molar-refractivity contribution in [2.75, 3.05) is 13.2 Å². The van der Waals surface area contributed by atoms with Crippen molar-refractivity contribution in [1.29, 1.82) is 0 Å². The van der Waals surface area contributed by atoms with Gasteiger partial charge in [0.25, 0.3) is 0 Å². The molecule has 0 aliphatic rings. The smallest absolute Gasteiger partial charge is 0.326 e. The van der Waals surface area contributed by atoms with E-state index in [0.29, 0.717) is 11.3 Å². The number of hydrogen-bond donors (Lipinski definition) is 6. The summed E-state index contributed by atoms with van der Waals surface area (Å²) in [6.07, 6.45) is -0.188. The third-order valence-electron chi connectivity index (χ3n) is 8.97. The first-order valence-electron chi connectivity index (χ1n) is 17.8. The highest BCUT2D eigenvalue weighted by atomic mass is 19.1. The number of carbonyl (C=O) groups excluding carboxylic acids is 4. The number of aliphatic carboxylic acids is 2. The molecule has 0 spiro atoms. The number of benzene rings is 2. The van der Waals surface area contributed by atoms with Gasteiger partial charge in [-0.05, 0) is 48.1 Å². The maximum atomic E-state index is 15.0. The van der Waals surface area contributed by atoms with Crippen LogP contribution in [0.2, 0.25) is 0 Å². The molecule has 3 aromatic rings. The van der Waals surface area contributed by atoms with Crippen LogP contribution in [0.3, 0.4) is 0 Å². The van der Waals surface area contributed by atoms with Gasteiger partial charge in [-0.15, -0.1) is 0 Å². The van der Waals surface area contributed by atoms with Crippen molar-refractivity contribution in [2.45, 2.75) is 90.5 Å². The molecule has 0 aliphatic heterocycles. The fourth-order valence-electron chi connectivity index (χ4n) is 6.22. The number of aliphatic hydroxyl groups excluding tert-OH is 1. The van der Waals surface area contributed by atoms with Gasteiger partial charge in [-0.3, -0.25) is 24.0 Å². The number of nitrogens with one attached hydrogen (secondary N) is 2. The molecule has 55 heavy (non-hydrogen) atoms. The molecular formula is C39H49F2N5O9. The summed E-state index contributed by atoms with van der Waals surface area (Å²) < 4.78 is 31.2. The molecule has 0 aliphatic carbocycles. The fourth-order valence-corrected chi connectivity index (χ4v) is 6.22. The van der Waals surface area contributed by atoms with Gasteiger partial charge in [-0.25, -0.2) is 13.6 Å². The van der Waals surface area contributed by atoms with Crippen LogP contribution in [0.25, 0.3) is 11.1 Å². The molecule has 0 saturated carbocycles. The van der Waals surface area contributed by atoms with E-state index in [2.05, 4.69) is 10.6 Å². The van der Waals surface area contributed by atoms with Crippen LogP contribution in [0.4, 0.5) is 8.78 Å². The quantitative estimate of drug-likeness (QED) is 0.0984. The lowest BCUT2D eigenvalue weighted by atomic mass is 9.82. The number of carboxylic acid groups (broad SMARTS) is 2. The van der Waals surface area contributed by atoms with E-state index in [1.54, 1.807) is 12.3 Å². The highest BCUT2D eigenvalue weighted by Crippen LogP contribution is 2.41. The van der Waals surface area contributed by atoms with E-state index in [1.165, 1.54) is 11.8 Å². The van der Waals surface area contributed by atoms with Crippen LogP contribution in [-0.4, -0.2) is 91.5 Å². The van der Waals surface area contributed by atoms with Gasteiger partial charge in [0.2, 0.25) is 17.7 Å². The number of aliphatic hydroxyl groups is 1. The first kappa shape index (κ1) is 43.9. The summed E-state index contributed by atoms with van der Waals surface area (Å²) in [5.41, 5.74) is 7.18. The molecule has 0 bridgehead atoms. The summed E-state index contributed by atoms with van der Waals surface area (Å²) in [6, 6.07) is 8.86. The summed E-state index contributed by atoms with van der Waals surface area (Å²) in [5, 5.41) is 33.6. The Bertz CT molecular complexity index is 1840. The second-order valence-electron chi connectivity index (χ2n) is 14.3. The van der Waals surface area contributed by atoms with E-state index in [-0.39, 0.29) is 31.5 Å². The lowest BCUT2D eigenvalue weighted by Crippen LogP contribution is -2.51. The number of halogens is 2. The number of rotatable bonds is 20. The van der Waals surface area contributed by atoms with Crippen molar-refractivity contribution >= 4 is 35.4 Å². The average Bonchev–Trinajstić information content (AvgIpc) is 3.53. The van der Waals surface area contributed by atoms with Crippen LogP contribution in [0.1, 0.15) is 77.1 Å². The average molecular weight is 770 g/mol. The number of carbonyl (C=O) groups is 6. The number of nitrogens with zero attached hydrogens (tertiary/aromatic N) is 2. The zero-order valence-corrected chi connectivity index (χ0v) is 31.3. The molecule has 0 fully saturated rings. The molecular weight excluding hydrogens is 720 g/mol. The summed E-state index contributed by atoms with van der Waals surface area (Å²) in [7, 11) is 0. The van der Waals surface area contributed by atoms with Crippen LogP contribution in [-0.2, 0) is 35.3 Å². The molecule has 16 heteroatoms. The monoisotopic (exact) mass is 769 g/mol. The number of aromatic nitrogens is 1. The van der Waals surface area contributed by atoms with Gasteiger partial charge in [0.15, 0.2) is 5.78 Å². The first-order chi connectivity index (χ1) is 25.9. The normalized spacial score (nSPS) is 13.6. The number of amides is 3. The molecule has 14 nitrogen and oxygen atoms in total. The molecule has 0 radical (unpaired) electrons. The zero-order chi connectivity index (χ0) is 41.0. The minimum absolute atomic E-state index is 0.00255. The van der Waals surface area contributed by atoms with E-state index in [1.807, 2.05) is 55.7 Å². The van der Waals surface area contributed by atoms with Crippen molar-refractivity contribution in [3.05, 3.63) is 83.7 Å². The molecule has 1 heterocycles. The molecule has 0 saturated heterocycles. The van der Waals surface area contributed by atoms with Gasteiger partial charge in [0.05, 0.1) is 24.5 Å². The number of carboxylic acids is 2. The Labute approximate surface area is 317 Å². The van der Waals surface area contributed by atoms with Gasteiger partial charge in [-0.2, -0.15) is 0 Å². The number of ketones is 1. The van der Waals surface area contributed by atoms with Crippen LogP contribution in [0, 0.1) is 17.0 Å². The van der Waals surface area contributed by atoms with Gasteiger partial charge in [0.1, 0.15) is 24.3 Å². The maximum Gasteiger partial charge on any atom is 0.326 e. The van der Waals surface area contributed by atoms with Crippen molar-refractivity contribution < 1.29 is 52.9 Å². The second kappa shape index (κ2) is 19.7. The van der Waals surface area contributed by atoms with E-state index < -0.39 is 103 Å². The number of nitrogens with two attached hydrogens (primary N) is 1. The molecule has 7 N–H and O–H groups in total. The highest BCUT2D eigenvalue weighted by molar-refractivity contribution is 5.92. The molecule has 4 atom stereocenters. The van der Waals surface area contributed by atoms with Crippen LogP contribution in [0.5, 0.6) is 0 Å². The predicted octanol–water partition coefficient (Wildman–Crippen LogP) is 3.40. The zero-order valence-electron chi connectivity index (χ0n) is 31.3. The Kier molecular flexibility index (Phi) is 15.8. The lowest BCUT2D eigenvalue weighted by molar-refractivity contribution is -0.143. The van der Waals surface area contributed by atoms with Crippen LogP contribution >= 0.6 is 0 Å². The topological polar surface area (TPSA) is 221 Å². The number of hydrogen-bond acceptors (Lipinski definition) is 8. The maximum absolute atomic E-state index is 15.0. The van der Waals surface area contributed by atoms with E-state index in [0.717, 1.165) is 23.8 Å². The minimum atomic E-state index is -1.60. The van der Waals surface area contributed by atoms with Crippen LogP contribution < -0.4 is 16.4 Å². The highest BCUT2D eigenvalue weighted by Gasteiger charge is 2.38. The summed E-state index contributed by atoms with van der Waals surface area (Å²) in [5.74, 6) is -7.09. The van der Waals surface area contributed by atoms with Gasteiger partial charge in [-0.1, -0.05) is 58.0 Å².